The summed E-state index contributed by atoms with van der Waals surface area (Å²) in [5.41, 5.74) is 0.784. The lowest BCUT2D eigenvalue weighted by Crippen LogP contribution is -2.28. The molecule has 1 fully saturated rings. The minimum absolute atomic E-state index is 0. The summed E-state index contributed by atoms with van der Waals surface area (Å²) in [6.07, 6.45) is 3.92. The van der Waals surface area contributed by atoms with Crippen LogP contribution < -0.4 is 10.6 Å². The van der Waals surface area contributed by atoms with Gasteiger partial charge in [-0.2, -0.15) is 0 Å². The van der Waals surface area contributed by atoms with Crippen molar-refractivity contribution in [2.45, 2.75) is 25.7 Å². The van der Waals surface area contributed by atoms with Crippen molar-refractivity contribution in [3.63, 3.8) is 0 Å². The number of anilines is 1. The van der Waals surface area contributed by atoms with Crippen LogP contribution in [0.25, 0.3) is 0 Å². The van der Waals surface area contributed by atoms with Gasteiger partial charge in [0.05, 0.1) is 5.02 Å². The van der Waals surface area contributed by atoms with Gasteiger partial charge in [-0.3, -0.25) is 4.79 Å². The topological polar surface area (TPSA) is 41.1 Å². The van der Waals surface area contributed by atoms with Gasteiger partial charge in [0.1, 0.15) is 0 Å². The number of halogens is 3. The lowest BCUT2D eigenvalue weighted by atomic mass is 9.93. The van der Waals surface area contributed by atoms with Gasteiger partial charge in [0, 0.05) is 16.6 Å². The van der Waals surface area contributed by atoms with Gasteiger partial charge in [-0.05, 0) is 72.4 Å². The summed E-state index contributed by atoms with van der Waals surface area (Å²) in [5, 5.41) is 6.89. The third-order valence-electron chi connectivity index (χ3n) is 3.44. The molecule has 0 unspecified atom stereocenters. The second-order valence-corrected chi connectivity index (χ2v) is 6.17. The summed E-state index contributed by atoms with van der Waals surface area (Å²) in [5.74, 6) is 0.761. The predicted octanol–water partition coefficient (Wildman–Crippen LogP) is 4.24. The Morgan fingerprint density at radius 3 is 2.75 bits per heavy atom. The molecule has 1 saturated heterocycles. The van der Waals surface area contributed by atoms with E-state index in [1.54, 1.807) is 6.07 Å². The number of carbonyl (C=O) groups excluding carboxylic acids is 1. The zero-order valence-electron chi connectivity index (χ0n) is 11.1. The molecule has 1 aliphatic heterocycles. The van der Waals surface area contributed by atoms with Gasteiger partial charge in [-0.25, -0.2) is 0 Å². The molecule has 1 aromatic carbocycles. The van der Waals surface area contributed by atoms with E-state index in [1.807, 2.05) is 12.1 Å². The number of hydrogen-bond acceptors (Lipinski definition) is 2. The predicted molar refractivity (Wildman–Crippen MR) is 89.9 cm³/mol. The quantitative estimate of drug-likeness (QED) is 0.818. The van der Waals surface area contributed by atoms with Crippen molar-refractivity contribution >= 4 is 51.5 Å². The van der Waals surface area contributed by atoms with Crippen LogP contribution in [-0.4, -0.2) is 19.0 Å². The fraction of sp³-hybridized carbons (Fsp3) is 0.500. The third kappa shape index (κ3) is 5.60. The van der Waals surface area contributed by atoms with Crippen molar-refractivity contribution in [1.82, 2.24) is 5.32 Å². The van der Waals surface area contributed by atoms with Gasteiger partial charge in [0.25, 0.3) is 0 Å². The first-order chi connectivity index (χ1) is 9.15. The molecule has 6 heteroatoms. The van der Waals surface area contributed by atoms with E-state index in [-0.39, 0.29) is 18.3 Å². The zero-order chi connectivity index (χ0) is 13.7. The summed E-state index contributed by atoms with van der Waals surface area (Å²) in [7, 11) is 0. The Morgan fingerprint density at radius 2 is 2.10 bits per heavy atom. The van der Waals surface area contributed by atoms with Gasteiger partial charge < -0.3 is 10.6 Å². The van der Waals surface area contributed by atoms with Crippen molar-refractivity contribution in [3.05, 3.63) is 27.7 Å². The van der Waals surface area contributed by atoms with Crippen LogP contribution in [0, 0.1) is 5.92 Å². The largest absolute Gasteiger partial charge is 0.326 e. The standard InChI is InChI=1S/C14H18BrClN2O.ClH/c15-12-9-11(2-3-13(12)16)18-14(19)4-1-10-5-7-17-8-6-10;/h2-3,9-10,17H,1,4-8H2,(H,18,19);1H. The molecule has 0 aromatic heterocycles. The Hall–Kier alpha value is -0.290. The van der Waals surface area contributed by atoms with Crippen LogP contribution in [0.1, 0.15) is 25.7 Å². The second kappa shape index (κ2) is 8.88. The van der Waals surface area contributed by atoms with E-state index < -0.39 is 0 Å². The minimum Gasteiger partial charge on any atom is -0.326 e. The summed E-state index contributed by atoms with van der Waals surface area (Å²) >= 11 is 9.26. The van der Waals surface area contributed by atoms with Crippen LogP contribution >= 0.6 is 39.9 Å². The van der Waals surface area contributed by atoms with Crippen LogP contribution in [-0.2, 0) is 4.79 Å². The van der Waals surface area contributed by atoms with Crippen LogP contribution in [0.15, 0.2) is 22.7 Å². The summed E-state index contributed by atoms with van der Waals surface area (Å²) in [4.78, 5) is 11.9. The van der Waals surface area contributed by atoms with Gasteiger partial charge >= 0.3 is 0 Å². The maximum Gasteiger partial charge on any atom is 0.224 e. The van der Waals surface area contributed by atoms with Crippen molar-refractivity contribution < 1.29 is 4.79 Å². The van der Waals surface area contributed by atoms with Gasteiger partial charge in [0.15, 0.2) is 0 Å². The van der Waals surface area contributed by atoms with Gasteiger partial charge in [0.2, 0.25) is 5.91 Å². The molecular weight excluding hydrogens is 363 g/mol. The average Bonchev–Trinajstić information content (AvgIpc) is 2.42. The number of piperidine rings is 1. The second-order valence-electron chi connectivity index (χ2n) is 4.91. The molecule has 20 heavy (non-hydrogen) atoms. The van der Waals surface area contributed by atoms with E-state index in [2.05, 4.69) is 26.6 Å². The molecule has 1 aliphatic rings. The molecule has 0 spiro atoms. The molecule has 0 radical (unpaired) electrons. The fourth-order valence-corrected chi connectivity index (χ4v) is 2.80. The third-order valence-corrected chi connectivity index (χ3v) is 4.66. The normalized spacial score (nSPS) is 15.5. The number of carbonyl (C=O) groups is 1. The zero-order valence-corrected chi connectivity index (χ0v) is 14.3. The molecular formula is C14H19BrCl2N2O. The van der Waals surface area contributed by atoms with Crippen LogP contribution in [0.2, 0.25) is 5.02 Å². The molecule has 0 saturated carbocycles. The summed E-state index contributed by atoms with van der Waals surface area (Å²) in [6, 6.07) is 5.41. The van der Waals surface area contributed by atoms with Crippen LogP contribution in [0.4, 0.5) is 5.69 Å². The number of rotatable bonds is 4. The smallest absolute Gasteiger partial charge is 0.224 e. The molecule has 0 atom stereocenters. The molecule has 3 nitrogen and oxygen atoms in total. The van der Waals surface area contributed by atoms with Gasteiger partial charge in [-0.1, -0.05) is 11.6 Å². The number of benzene rings is 1. The first-order valence-corrected chi connectivity index (χ1v) is 7.78. The highest BCUT2D eigenvalue weighted by molar-refractivity contribution is 9.10. The van der Waals surface area contributed by atoms with Gasteiger partial charge in [-0.15, -0.1) is 12.4 Å². The van der Waals surface area contributed by atoms with E-state index in [0.717, 1.165) is 29.7 Å². The summed E-state index contributed by atoms with van der Waals surface area (Å²) in [6.45, 7) is 2.16. The first kappa shape index (κ1) is 17.8. The molecule has 2 rings (SSSR count). The monoisotopic (exact) mass is 380 g/mol. The van der Waals surface area contributed by atoms with Crippen LogP contribution in [0.3, 0.4) is 0 Å². The molecule has 0 aliphatic carbocycles. The Morgan fingerprint density at radius 1 is 1.40 bits per heavy atom. The molecule has 1 aromatic rings. The maximum absolute atomic E-state index is 11.9. The van der Waals surface area contributed by atoms with E-state index in [0.29, 0.717) is 17.4 Å². The molecule has 1 heterocycles. The molecule has 112 valence electrons. The molecule has 0 bridgehead atoms. The van der Waals surface area contributed by atoms with Crippen LogP contribution in [0.5, 0.6) is 0 Å². The van der Waals surface area contributed by atoms with Crippen molar-refractivity contribution in [2.75, 3.05) is 18.4 Å². The number of nitrogens with one attached hydrogen (secondary N) is 2. The van der Waals surface area contributed by atoms with E-state index in [1.165, 1.54) is 12.8 Å². The highest BCUT2D eigenvalue weighted by Gasteiger charge is 2.14. The highest BCUT2D eigenvalue weighted by atomic mass is 79.9. The Labute approximate surface area is 139 Å². The fourth-order valence-electron chi connectivity index (χ4n) is 2.30. The highest BCUT2D eigenvalue weighted by Crippen LogP contribution is 2.26. The first-order valence-electron chi connectivity index (χ1n) is 6.61. The van der Waals surface area contributed by atoms with E-state index in [4.69, 9.17) is 11.6 Å². The number of amides is 1. The van der Waals surface area contributed by atoms with Crippen molar-refractivity contribution in [3.8, 4) is 0 Å². The SMILES string of the molecule is Cl.O=C(CCC1CCNCC1)Nc1ccc(Cl)c(Br)c1. The Kier molecular flexibility index (Phi) is 7.88. The van der Waals surface area contributed by atoms with E-state index >= 15 is 0 Å². The van der Waals surface area contributed by atoms with Crippen molar-refractivity contribution in [2.24, 2.45) is 5.92 Å². The Balaban J connectivity index is 0.00000200. The minimum atomic E-state index is 0. The maximum atomic E-state index is 11.9. The van der Waals surface area contributed by atoms with Crippen molar-refractivity contribution in [1.29, 1.82) is 0 Å². The molecule has 2 N–H and O–H groups in total. The lowest BCUT2D eigenvalue weighted by molar-refractivity contribution is -0.116. The summed E-state index contributed by atoms with van der Waals surface area (Å²) < 4.78 is 0.797. The number of hydrogen-bond donors (Lipinski definition) is 2. The Bertz CT molecular complexity index is 451. The van der Waals surface area contributed by atoms with E-state index in [9.17, 15) is 4.79 Å². The lowest BCUT2D eigenvalue weighted by Gasteiger charge is -2.22. The average molecular weight is 382 g/mol. The molecule has 1 amide bonds.